The summed E-state index contributed by atoms with van der Waals surface area (Å²) in [5.41, 5.74) is 11.2. The van der Waals surface area contributed by atoms with Gasteiger partial charge in [0, 0.05) is 0 Å². The van der Waals surface area contributed by atoms with Gasteiger partial charge in [0.05, 0.1) is 11.9 Å². The molecule has 5 heteroatoms. The first-order valence-corrected chi connectivity index (χ1v) is 2.49. The molecular formula is C4H9N5. The maximum Gasteiger partial charge on any atom is 0.140 e. The normalized spacial score (nSPS) is 19.0. The van der Waals surface area contributed by atoms with E-state index in [0.29, 0.717) is 18.2 Å². The number of nitrogens with zero attached hydrogens (tertiary/aromatic N) is 2. The Morgan fingerprint density at radius 1 is 1.56 bits per heavy atom. The minimum atomic E-state index is 0.380. The van der Waals surface area contributed by atoms with E-state index >= 15 is 0 Å². The highest BCUT2D eigenvalue weighted by Crippen LogP contribution is 1.97. The summed E-state index contributed by atoms with van der Waals surface area (Å²) in [4.78, 5) is 3.80. The van der Waals surface area contributed by atoms with E-state index in [0.717, 1.165) is 0 Å². The minimum Gasteiger partial charge on any atom is -0.395 e. The molecule has 50 valence electrons. The van der Waals surface area contributed by atoms with Crippen molar-refractivity contribution in [1.82, 2.24) is 5.01 Å². The third kappa shape index (κ3) is 0.945. The Kier molecular flexibility index (Phi) is 1.27. The van der Waals surface area contributed by atoms with Gasteiger partial charge in [-0.3, -0.25) is 10.0 Å². The van der Waals surface area contributed by atoms with E-state index in [-0.39, 0.29) is 0 Å². The fraction of sp³-hybridized carbons (Fsp3) is 0.250. The first kappa shape index (κ1) is 5.90. The van der Waals surface area contributed by atoms with Gasteiger partial charge in [-0.2, -0.15) is 0 Å². The summed E-state index contributed by atoms with van der Waals surface area (Å²) in [5, 5.41) is 1.29. The van der Waals surface area contributed by atoms with Gasteiger partial charge in [-0.25, -0.2) is 5.84 Å². The molecule has 0 saturated heterocycles. The van der Waals surface area contributed by atoms with Crippen LogP contribution < -0.4 is 17.3 Å². The lowest BCUT2D eigenvalue weighted by molar-refractivity contribution is 0.360. The van der Waals surface area contributed by atoms with Crippen LogP contribution in [0.4, 0.5) is 0 Å². The van der Waals surface area contributed by atoms with Gasteiger partial charge in [0.1, 0.15) is 12.5 Å². The van der Waals surface area contributed by atoms with Crippen molar-refractivity contribution in [1.29, 1.82) is 0 Å². The van der Waals surface area contributed by atoms with Gasteiger partial charge in [0.25, 0.3) is 0 Å². The molecule has 0 aromatic carbocycles. The SMILES string of the molecule is NC1=C(N)N(N)CN=C1. The van der Waals surface area contributed by atoms with Crippen molar-refractivity contribution < 1.29 is 0 Å². The van der Waals surface area contributed by atoms with E-state index < -0.39 is 0 Å². The van der Waals surface area contributed by atoms with E-state index in [4.69, 9.17) is 17.3 Å². The molecule has 9 heavy (non-hydrogen) atoms. The predicted molar refractivity (Wildman–Crippen MR) is 34.8 cm³/mol. The number of nitrogens with two attached hydrogens (primary N) is 3. The lowest BCUT2D eigenvalue weighted by Crippen LogP contribution is -2.39. The molecule has 1 aliphatic rings. The largest absolute Gasteiger partial charge is 0.395 e. The molecule has 1 aliphatic heterocycles. The summed E-state index contributed by atoms with van der Waals surface area (Å²) in [6.45, 7) is 0.381. The second kappa shape index (κ2) is 1.94. The number of hydrogen-bond donors (Lipinski definition) is 3. The first-order valence-electron chi connectivity index (χ1n) is 2.49. The highest BCUT2D eigenvalue weighted by Gasteiger charge is 2.06. The lowest BCUT2D eigenvalue weighted by atomic mass is 10.4. The highest BCUT2D eigenvalue weighted by molar-refractivity contribution is 5.78. The smallest absolute Gasteiger partial charge is 0.140 e. The maximum atomic E-state index is 5.39. The molecule has 0 aromatic rings. The van der Waals surface area contributed by atoms with Crippen molar-refractivity contribution in [2.45, 2.75) is 0 Å². The molecule has 0 fully saturated rings. The summed E-state index contributed by atoms with van der Waals surface area (Å²) in [6, 6.07) is 0. The van der Waals surface area contributed by atoms with E-state index in [1.54, 1.807) is 0 Å². The molecule has 0 atom stereocenters. The van der Waals surface area contributed by atoms with Crippen molar-refractivity contribution in [3.63, 3.8) is 0 Å². The molecule has 1 rings (SSSR count). The number of hydrazine groups is 1. The molecule has 1 heterocycles. The summed E-state index contributed by atoms with van der Waals surface area (Å²) >= 11 is 0. The van der Waals surface area contributed by atoms with Crippen LogP contribution in [0.5, 0.6) is 0 Å². The van der Waals surface area contributed by atoms with Crippen LogP contribution in [-0.2, 0) is 0 Å². The molecule has 0 spiro atoms. The molecule has 6 N–H and O–H groups in total. The van der Waals surface area contributed by atoms with Crippen LogP contribution in [0.3, 0.4) is 0 Å². The third-order valence-electron chi connectivity index (χ3n) is 1.07. The zero-order valence-electron chi connectivity index (χ0n) is 4.91. The minimum absolute atomic E-state index is 0.380. The molecule has 0 amide bonds. The Balaban J connectivity index is 2.83. The van der Waals surface area contributed by atoms with Crippen LogP contribution in [0.25, 0.3) is 0 Å². The van der Waals surface area contributed by atoms with E-state index in [1.165, 1.54) is 11.2 Å². The van der Waals surface area contributed by atoms with Gasteiger partial charge in [-0.05, 0) is 0 Å². The van der Waals surface area contributed by atoms with Crippen LogP contribution in [0.2, 0.25) is 0 Å². The van der Waals surface area contributed by atoms with Crippen molar-refractivity contribution in [3.05, 3.63) is 11.5 Å². The first-order chi connectivity index (χ1) is 4.22. The molecule has 0 radical (unpaired) electrons. The summed E-state index contributed by atoms with van der Waals surface area (Å²) < 4.78 is 0. The lowest BCUT2D eigenvalue weighted by Gasteiger charge is -2.19. The van der Waals surface area contributed by atoms with Gasteiger partial charge in [0.15, 0.2) is 0 Å². The molecule has 0 bridgehead atoms. The standard InChI is InChI=1S/C4H9N5/c5-3-1-8-2-9(7)4(3)6/h1H,2,5-7H2. The van der Waals surface area contributed by atoms with E-state index in [2.05, 4.69) is 4.99 Å². The molecule has 0 saturated carbocycles. The molecule has 0 aromatic heterocycles. The van der Waals surface area contributed by atoms with E-state index in [1.807, 2.05) is 0 Å². The number of allylic oxidation sites excluding steroid dienone is 1. The van der Waals surface area contributed by atoms with Crippen molar-refractivity contribution in [2.75, 3.05) is 6.67 Å². The van der Waals surface area contributed by atoms with E-state index in [9.17, 15) is 0 Å². The average molecular weight is 127 g/mol. The monoisotopic (exact) mass is 127 g/mol. The van der Waals surface area contributed by atoms with Gasteiger partial charge in [0.2, 0.25) is 0 Å². The maximum absolute atomic E-state index is 5.39. The average Bonchev–Trinajstić information content (AvgIpc) is 1.83. The van der Waals surface area contributed by atoms with Gasteiger partial charge in [-0.15, -0.1) is 0 Å². The zero-order valence-corrected chi connectivity index (χ0v) is 4.91. The fourth-order valence-corrected chi connectivity index (χ4v) is 0.535. The summed E-state index contributed by atoms with van der Waals surface area (Å²) in [6.07, 6.45) is 1.50. The van der Waals surface area contributed by atoms with Crippen molar-refractivity contribution in [2.24, 2.45) is 22.3 Å². The third-order valence-corrected chi connectivity index (χ3v) is 1.07. The van der Waals surface area contributed by atoms with Crippen LogP contribution in [-0.4, -0.2) is 17.9 Å². The van der Waals surface area contributed by atoms with Gasteiger partial charge in [-0.1, -0.05) is 0 Å². The second-order valence-electron chi connectivity index (χ2n) is 1.76. The molecule has 5 nitrogen and oxygen atoms in total. The molecule has 0 unspecified atom stereocenters. The number of rotatable bonds is 0. The predicted octanol–water partition coefficient (Wildman–Crippen LogP) is -1.71. The molecule has 0 aliphatic carbocycles. The Bertz CT molecular complexity index is 170. The van der Waals surface area contributed by atoms with Crippen LogP contribution in [0, 0.1) is 0 Å². The van der Waals surface area contributed by atoms with Crippen molar-refractivity contribution >= 4 is 6.21 Å². The summed E-state index contributed by atoms with van der Waals surface area (Å²) in [5.74, 6) is 5.70. The summed E-state index contributed by atoms with van der Waals surface area (Å²) in [7, 11) is 0. The zero-order chi connectivity index (χ0) is 6.85. The Morgan fingerprint density at radius 2 is 2.22 bits per heavy atom. The fourth-order valence-electron chi connectivity index (χ4n) is 0.535. The quantitative estimate of drug-likeness (QED) is 0.338. The Morgan fingerprint density at radius 3 is 2.67 bits per heavy atom. The van der Waals surface area contributed by atoms with Gasteiger partial charge < -0.3 is 11.5 Å². The Labute approximate surface area is 52.8 Å². The molecular weight excluding hydrogens is 118 g/mol. The van der Waals surface area contributed by atoms with Gasteiger partial charge >= 0.3 is 0 Å². The Hall–Kier alpha value is -1.23. The number of aliphatic imine (C=N–C) groups is 1. The number of hydrogen-bond acceptors (Lipinski definition) is 5. The second-order valence-corrected chi connectivity index (χ2v) is 1.76. The van der Waals surface area contributed by atoms with Crippen LogP contribution >= 0.6 is 0 Å². The van der Waals surface area contributed by atoms with Crippen LogP contribution in [0.1, 0.15) is 0 Å². The van der Waals surface area contributed by atoms with Crippen LogP contribution in [0.15, 0.2) is 16.5 Å². The van der Waals surface area contributed by atoms with Crippen molar-refractivity contribution in [3.8, 4) is 0 Å². The highest BCUT2D eigenvalue weighted by atomic mass is 15.5. The topological polar surface area (TPSA) is 93.7 Å².